The number of carboxylic acids is 1. The largest absolute Gasteiger partial charge is 0.481 e. The number of aromatic nitrogens is 2. The van der Waals surface area contributed by atoms with Gasteiger partial charge in [0, 0.05) is 23.7 Å². The van der Waals surface area contributed by atoms with E-state index in [0.717, 1.165) is 6.07 Å². The van der Waals surface area contributed by atoms with Gasteiger partial charge in [0.15, 0.2) is 5.69 Å². The Morgan fingerprint density at radius 1 is 1.15 bits per heavy atom. The Hall–Kier alpha value is -2.35. The Morgan fingerprint density at radius 2 is 1.77 bits per heavy atom. The molecule has 0 unspecified atom stereocenters. The standard InChI is InChI=1S/C17H15ClF3N3O2/c18-12-3-1-10(2-4-12)13-9-14(17(19,20)21)23-16(22-13)24-7-5-11(6-8-24)15(25)26/h1-4,9,11H,5-8H2,(H,25,26). The molecule has 0 bridgehead atoms. The third-order valence-electron chi connectivity index (χ3n) is 4.27. The van der Waals surface area contributed by atoms with Crippen LogP contribution in [0.25, 0.3) is 11.3 Å². The Labute approximate surface area is 152 Å². The zero-order chi connectivity index (χ0) is 18.9. The van der Waals surface area contributed by atoms with E-state index in [-0.39, 0.29) is 11.6 Å². The van der Waals surface area contributed by atoms with Crippen LogP contribution in [0.3, 0.4) is 0 Å². The number of benzene rings is 1. The van der Waals surface area contributed by atoms with Gasteiger partial charge in [0.2, 0.25) is 5.95 Å². The molecule has 0 atom stereocenters. The third kappa shape index (κ3) is 4.07. The van der Waals surface area contributed by atoms with Crippen LogP contribution in [0.5, 0.6) is 0 Å². The molecule has 3 rings (SSSR count). The monoisotopic (exact) mass is 385 g/mol. The second-order valence-electron chi connectivity index (χ2n) is 6.04. The van der Waals surface area contributed by atoms with Crippen molar-refractivity contribution in [2.45, 2.75) is 19.0 Å². The average Bonchev–Trinajstić information content (AvgIpc) is 2.61. The lowest BCUT2D eigenvalue weighted by Crippen LogP contribution is -2.37. The van der Waals surface area contributed by atoms with Crippen LogP contribution in [0, 0.1) is 5.92 Å². The Morgan fingerprint density at radius 3 is 2.31 bits per heavy atom. The summed E-state index contributed by atoms with van der Waals surface area (Å²) in [5, 5.41) is 9.52. The van der Waals surface area contributed by atoms with Gasteiger partial charge in [-0.05, 0) is 31.0 Å². The summed E-state index contributed by atoms with van der Waals surface area (Å²) in [6.45, 7) is 0.580. The molecule has 1 fully saturated rings. The minimum Gasteiger partial charge on any atom is -0.481 e. The van der Waals surface area contributed by atoms with Crippen LogP contribution in [0.4, 0.5) is 19.1 Å². The van der Waals surface area contributed by atoms with E-state index in [1.165, 1.54) is 0 Å². The van der Waals surface area contributed by atoms with Crippen LogP contribution in [-0.4, -0.2) is 34.1 Å². The number of piperidine rings is 1. The summed E-state index contributed by atoms with van der Waals surface area (Å²) >= 11 is 5.83. The molecule has 1 aliphatic rings. The van der Waals surface area contributed by atoms with Gasteiger partial charge in [0.1, 0.15) is 0 Å². The second kappa shape index (κ2) is 7.11. The lowest BCUT2D eigenvalue weighted by Gasteiger charge is -2.30. The Balaban J connectivity index is 1.96. The predicted molar refractivity (Wildman–Crippen MR) is 90.1 cm³/mol. The van der Waals surface area contributed by atoms with Gasteiger partial charge in [0.25, 0.3) is 0 Å². The summed E-state index contributed by atoms with van der Waals surface area (Å²) in [6, 6.07) is 7.22. The highest BCUT2D eigenvalue weighted by atomic mass is 35.5. The first-order chi connectivity index (χ1) is 12.2. The van der Waals surface area contributed by atoms with Crippen molar-refractivity contribution in [2.24, 2.45) is 5.92 Å². The highest BCUT2D eigenvalue weighted by Gasteiger charge is 2.35. The highest BCUT2D eigenvalue weighted by Crippen LogP contribution is 2.33. The van der Waals surface area contributed by atoms with E-state index in [1.54, 1.807) is 29.2 Å². The number of hydrogen-bond donors (Lipinski definition) is 1. The molecule has 1 N–H and O–H groups in total. The summed E-state index contributed by atoms with van der Waals surface area (Å²) in [5.74, 6) is -1.43. The lowest BCUT2D eigenvalue weighted by atomic mass is 9.97. The van der Waals surface area contributed by atoms with E-state index in [0.29, 0.717) is 36.5 Å². The van der Waals surface area contributed by atoms with E-state index < -0.39 is 23.8 Å². The van der Waals surface area contributed by atoms with Crippen molar-refractivity contribution in [1.29, 1.82) is 0 Å². The predicted octanol–water partition coefficient (Wildman–Crippen LogP) is 4.12. The van der Waals surface area contributed by atoms with E-state index in [1.807, 2.05) is 0 Å². The molecule has 0 amide bonds. The van der Waals surface area contributed by atoms with Gasteiger partial charge < -0.3 is 10.0 Å². The van der Waals surface area contributed by atoms with Crippen molar-refractivity contribution in [3.8, 4) is 11.3 Å². The van der Waals surface area contributed by atoms with Gasteiger partial charge in [-0.1, -0.05) is 23.7 Å². The molecule has 0 aliphatic carbocycles. The fraction of sp³-hybridized carbons (Fsp3) is 0.353. The van der Waals surface area contributed by atoms with Crippen LogP contribution in [0.15, 0.2) is 30.3 Å². The van der Waals surface area contributed by atoms with Crippen molar-refractivity contribution in [2.75, 3.05) is 18.0 Å². The SMILES string of the molecule is O=C(O)C1CCN(c2nc(-c3ccc(Cl)cc3)cc(C(F)(F)F)n2)CC1. The second-order valence-corrected chi connectivity index (χ2v) is 6.48. The fourth-order valence-corrected chi connectivity index (χ4v) is 2.94. The number of anilines is 1. The Bertz CT molecular complexity index is 804. The Kier molecular flexibility index (Phi) is 5.04. The van der Waals surface area contributed by atoms with Crippen LogP contribution in [0.1, 0.15) is 18.5 Å². The summed E-state index contributed by atoms with van der Waals surface area (Å²) in [5.41, 5.74) is -0.406. The number of alkyl halides is 3. The van der Waals surface area contributed by atoms with Gasteiger partial charge in [-0.15, -0.1) is 0 Å². The minimum atomic E-state index is -4.61. The molecular formula is C17H15ClF3N3O2. The first kappa shape index (κ1) is 18.4. The van der Waals surface area contributed by atoms with Crippen LogP contribution in [-0.2, 0) is 11.0 Å². The molecule has 9 heteroatoms. The average molecular weight is 386 g/mol. The zero-order valence-electron chi connectivity index (χ0n) is 13.5. The molecule has 2 heterocycles. The molecule has 0 radical (unpaired) electrons. The minimum absolute atomic E-state index is 0.0476. The molecule has 2 aromatic rings. The van der Waals surface area contributed by atoms with Crippen LogP contribution < -0.4 is 4.90 Å². The number of nitrogens with zero attached hydrogens (tertiary/aromatic N) is 3. The highest BCUT2D eigenvalue weighted by molar-refractivity contribution is 6.30. The first-order valence-electron chi connectivity index (χ1n) is 7.94. The molecule has 0 spiro atoms. The maximum absolute atomic E-state index is 13.3. The number of hydrogen-bond acceptors (Lipinski definition) is 4. The van der Waals surface area contributed by atoms with Crippen LogP contribution in [0.2, 0.25) is 5.02 Å². The van der Waals surface area contributed by atoms with Crippen LogP contribution >= 0.6 is 11.6 Å². The zero-order valence-corrected chi connectivity index (χ0v) is 14.3. The smallest absolute Gasteiger partial charge is 0.433 e. The van der Waals surface area contributed by atoms with Gasteiger partial charge in [-0.3, -0.25) is 4.79 Å². The number of rotatable bonds is 3. The van der Waals surface area contributed by atoms with Crippen molar-refractivity contribution < 1.29 is 23.1 Å². The van der Waals surface area contributed by atoms with E-state index in [9.17, 15) is 18.0 Å². The molecule has 1 aromatic heterocycles. The molecule has 1 saturated heterocycles. The fourth-order valence-electron chi connectivity index (χ4n) is 2.82. The van der Waals surface area contributed by atoms with Gasteiger partial charge in [-0.25, -0.2) is 9.97 Å². The van der Waals surface area contributed by atoms with Crippen molar-refractivity contribution >= 4 is 23.5 Å². The normalized spacial score (nSPS) is 15.9. The molecule has 5 nitrogen and oxygen atoms in total. The number of aliphatic carboxylic acids is 1. The number of carboxylic acid groups (broad SMARTS) is 1. The van der Waals surface area contributed by atoms with Gasteiger partial charge >= 0.3 is 12.1 Å². The maximum atomic E-state index is 13.3. The van der Waals surface area contributed by atoms with Gasteiger partial charge in [-0.2, -0.15) is 13.2 Å². The maximum Gasteiger partial charge on any atom is 0.433 e. The lowest BCUT2D eigenvalue weighted by molar-refractivity contribution is -0.142. The topological polar surface area (TPSA) is 66.3 Å². The van der Waals surface area contributed by atoms with Crippen molar-refractivity contribution in [3.05, 3.63) is 41.0 Å². The quantitative estimate of drug-likeness (QED) is 0.861. The van der Waals surface area contributed by atoms with Crippen molar-refractivity contribution in [3.63, 3.8) is 0 Å². The molecular weight excluding hydrogens is 371 g/mol. The van der Waals surface area contributed by atoms with Gasteiger partial charge in [0.05, 0.1) is 11.6 Å². The molecule has 138 valence electrons. The number of halogens is 4. The summed E-state index contributed by atoms with van der Waals surface area (Å²) in [6.07, 6.45) is -3.94. The summed E-state index contributed by atoms with van der Waals surface area (Å²) in [7, 11) is 0. The van der Waals surface area contributed by atoms with E-state index >= 15 is 0 Å². The van der Waals surface area contributed by atoms with Crippen molar-refractivity contribution in [1.82, 2.24) is 9.97 Å². The number of carbonyl (C=O) groups is 1. The molecule has 0 saturated carbocycles. The molecule has 1 aromatic carbocycles. The molecule has 26 heavy (non-hydrogen) atoms. The summed E-state index contributed by atoms with van der Waals surface area (Å²) in [4.78, 5) is 20.6. The summed E-state index contributed by atoms with van der Waals surface area (Å²) < 4.78 is 39.8. The van der Waals surface area contributed by atoms with E-state index in [2.05, 4.69) is 9.97 Å². The first-order valence-corrected chi connectivity index (χ1v) is 8.32. The molecule has 1 aliphatic heterocycles. The third-order valence-corrected chi connectivity index (χ3v) is 4.52. The van der Waals surface area contributed by atoms with E-state index in [4.69, 9.17) is 16.7 Å².